The van der Waals surface area contributed by atoms with Crippen LogP contribution >= 0.6 is 0 Å². The zero-order valence-corrected chi connectivity index (χ0v) is 24.9. The van der Waals surface area contributed by atoms with Crippen molar-refractivity contribution in [2.45, 2.75) is 117 Å². The predicted octanol–water partition coefficient (Wildman–Crippen LogP) is 8.91. The molecule has 1 aromatic heterocycles. The summed E-state index contributed by atoms with van der Waals surface area (Å²) in [6.07, 6.45) is 22.2. The number of pyridine rings is 1. The summed E-state index contributed by atoms with van der Waals surface area (Å²) in [5.74, 6) is 0. The van der Waals surface area contributed by atoms with Crippen LogP contribution in [-0.2, 0) is 9.47 Å². The van der Waals surface area contributed by atoms with E-state index >= 15 is 0 Å². The number of benzene rings is 1. The first-order valence-electron chi connectivity index (χ1n) is 15.8. The molecular weight excluding hydrogens is 470 g/mol. The maximum absolute atomic E-state index is 5.59. The zero-order valence-electron chi connectivity index (χ0n) is 24.9. The number of rotatable bonds is 24. The summed E-state index contributed by atoms with van der Waals surface area (Å²) in [6, 6.07) is 10.4. The van der Waals surface area contributed by atoms with E-state index in [4.69, 9.17) is 15.2 Å². The first kappa shape index (κ1) is 34.3. The molecule has 0 spiro atoms. The molecule has 2 aromatic rings. The summed E-state index contributed by atoms with van der Waals surface area (Å²) in [6.45, 7) is 10.1. The zero-order chi connectivity index (χ0) is 27.4. The van der Waals surface area contributed by atoms with Crippen molar-refractivity contribution in [3.8, 4) is 0 Å². The molecule has 3 N–H and O–H groups in total. The Morgan fingerprint density at radius 1 is 0.632 bits per heavy atom. The molecule has 0 aliphatic heterocycles. The number of aromatic nitrogens is 1. The number of nitrogens with zero attached hydrogens (tertiary/aromatic N) is 1. The molecule has 0 amide bonds. The van der Waals surface area contributed by atoms with Crippen molar-refractivity contribution in [1.82, 2.24) is 4.98 Å². The minimum Gasteiger partial charge on any atom is -0.384 e. The fourth-order valence-corrected chi connectivity index (χ4v) is 4.26. The van der Waals surface area contributed by atoms with E-state index in [1.807, 2.05) is 12.3 Å². The topological polar surface area (TPSA) is 69.4 Å². The second kappa shape index (κ2) is 26.9. The Bertz CT molecular complexity index is 739. The van der Waals surface area contributed by atoms with Gasteiger partial charge in [0.1, 0.15) is 0 Å². The van der Waals surface area contributed by atoms with Crippen LogP contribution in [0.25, 0.3) is 10.9 Å². The quantitative estimate of drug-likeness (QED) is 0.133. The highest BCUT2D eigenvalue weighted by Gasteiger charge is 2.00. The smallest absolute Gasteiger partial charge is 0.0722 e. The summed E-state index contributed by atoms with van der Waals surface area (Å²) < 4.78 is 11.1. The van der Waals surface area contributed by atoms with Crippen LogP contribution in [0.2, 0.25) is 0 Å². The number of nitrogens with one attached hydrogen (secondary N) is 1. The molecule has 0 saturated heterocycles. The number of para-hydroxylation sites is 1. The van der Waals surface area contributed by atoms with Crippen molar-refractivity contribution in [2.24, 2.45) is 5.73 Å². The number of hydrogen-bond donors (Lipinski definition) is 2. The third-order valence-electron chi connectivity index (χ3n) is 6.71. The van der Waals surface area contributed by atoms with Gasteiger partial charge in [-0.25, -0.2) is 0 Å². The van der Waals surface area contributed by atoms with Crippen LogP contribution in [0, 0.1) is 0 Å². The van der Waals surface area contributed by atoms with Crippen LogP contribution in [0.1, 0.15) is 117 Å². The Hall–Kier alpha value is -1.69. The third kappa shape index (κ3) is 19.4. The Labute approximate surface area is 234 Å². The van der Waals surface area contributed by atoms with E-state index in [1.54, 1.807) is 0 Å². The highest BCUT2D eigenvalue weighted by atomic mass is 16.5. The number of ether oxygens (including phenoxy) is 2. The van der Waals surface area contributed by atoms with Gasteiger partial charge in [0.05, 0.1) is 5.52 Å². The van der Waals surface area contributed by atoms with Crippen molar-refractivity contribution in [3.63, 3.8) is 0 Å². The van der Waals surface area contributed by atoms with Crippen molar-refractivity contribution in [1.29, 1.82) is 0 Å². The van der Waals surface area contributed by atoms with E-state index in [-0.39, 0.29) is 0 Å². The standard InChI is InChI=1S/C21H32N2O.C12H27NO/c1-2-3-17-24-18-11-7-5-4-6-10-15-22-21-14-16-23-20-13-9-8-12-19(20)21;1-2-3-11-14-12-9-7-5-4-6-8-10-13/h8-9,12-14,16H,2-7,10-11,15,17-18H2,1H3,(H,22,23);2-13H2,1H3. The first-order chi connectivity index (χ1) is 18.8. The van der Waals surface area contributed by atoms with Crippen LogP contribution in [0.3, 0.4) is 0 Å². The van der Waals surface area contributed by atoms with Crippen molar-refractivity contribution in [2.75, 3.05) is 44.8 Å². The third-order valence-corrected chi connectivity index (χ3v) is 6.71. The Kier molecular flexibility index (Phi) is 24.3. The molecule has 0 atom stereocenters. The van der Waals surface area contributed by atoms with Crippen molar-refractivity contribution in [3.05, 3.63) is 36.5 Å². The molecule has 0 bridgehead atoms. The minimum absolute atomic E-state index is 0.847. The molecule has 5 heteroatoms. The first-order valence-corrected chi connectivity index (χ1v) is 15.8. The number of fused-ring (bicyclic) bond motifs is 1. The van der Waals surface area contributed by atoms with Crippen molar-refractivity contribution >= 4 is 16.6 Å². The Morgan fingerprint density at radius 2 is 1.16 bits per heavy atom. The molecule has 38 heavy (non-hydrogen) atoms. The largest absolute Gasteiger partial charge is 0.384 e. The molecule has 0 aliphatic carbocycles. The predicted molar refractivity (Wildman–Crippen MR) is 166 cm³/mol. The van der Waals surface area contributed by atoms with E-state index in [1.165, 1.54) is 114 Å². The number of hydrogen-bond acceptors (Lipinski definition) is 5. The molecule has 0 radical (unpaired) electrons. The summed E-state index contributed by atoms with van der Waals surface area (Å²) in [5, 5.41) is 4.77. The molecule has 0 aliphatic rings. The fraction of sp³-hybridized carbons (Fsp3) is 0.727. The number of anilines is 1. The lowest BCUT2D eigenvalue weighted by molar-refractivity contribution is 0.127. The second-order valence-corrected chi connectivity index (χ2v) is 10.3. The van der Waals surface area contributed by atoms with Gasteiger partial charge in [-0.2, -0.15) is 0 Å². The maximum Gasteiger partial charge on any atom is 0.0722 e. The lowest BCUT2D eigenvalue weighted by atomic mass is 10.1. The van der Waals surface area contributed by atoms with Crippen LogP contribution in [0.5, 0.6) is 0 Å². The Balaban J connectivity index is 0.000000442. The van der Waals surface area contributed by atoms with Crippen LogP contribution in [-0.4, -0.2) is 44.5 Å². The molecule has 0 fully saturated rings. The summed E-state index contributed by atoms with van der Waals surface area (Å²) in [5.41, 5.74) is 7.68. The van der Waals surface area contributed by atoms with Crippen LogP contribution in [0.4, 0.5) is 5.69 Å². The average molecular weight is 530 g/mol. The van der Waals surface area contributed by atoms with Crippen LogP contribution < -0.4 is 11.1 Å². The van der Waals surface area contributed by atoms with Gasteiger partial charge in [0.25, 0.3) is 0 Å². The van der Waals surface area contributed by atoms with E-state index in [9.17, 15) is 0 Å². The molecule has 1 aromatic carbocycles. The van der Waals surface area contributed by atoms with Gasteiger partial charge in [-0.3, -0.25) is 4.98 Å². The van der Waals surface area contributed by atoms with Crippen molar-refractivity contribution < 1.29 is 9.47 Å². The SMILES string of the molecule is CCCCOCCCCCCCCN.CCCCOCCCCCCCCNc1ccnc2ccccc12. The average Bonchev–Trinajstić information content (AvgIpc) is 2.95. The van der Waals surface area contributed by atoms with Gasteiger partial charge >= 0.3 is 0 Å². The monoisotopic (exact) mass is 529 g/mol. The van der Waals surface area contributed by atoms with E-state index in [0.717, 1.165) is 45.0 Å². The Morgan fingerprint density at radius 3 is 1.76 bits per heavy atom. The summed E-state index contributed by atoms with van der Waals surface area (Å²) >= 11 is 0. The lowest BCUT2D eigenvalue weighted by Crippen LogP contribution is -2.02. The summed E-state index contributed by atoms with van der Waals surface area (Å²) in [7, 11) is 0. The van der Waals surface area contributed by atoms with Gasteiger partial charge < -0.3 is 20.5 Å². The normalized spacial score (nSPS) is 10.9. The second-order valence-electron chi connectivity index (χ2n) is 10.3. The fourth-order valence-electron chi connectivity index (χ4n) is 4.26. The minimum atomic E-state index is 0.847. The van der Waals surface area contributed by atoms with E-state index in [2.05, 4.69) is 48.4 Å². The maximum atomic E-state index is 5.59. The van der Waals surface area contributed by atoms with Gasteiger partial charge in [-0.05, 0) is 57.2 Å². The van der Waals surface area contributed by atoms with E-state index < -0.39 is 0 Å². The lowest BCUT2D eigenvalue weighted by Gasteiger charge is -2.09. The molecule has 0 unspecified atom stereocenters. The molecule has 1 heterocycles. The molecule has 0 saturated carbocycles. The number of nitrogens with two attached hydrogens (primary N) is 1. The van der Waals surface area contributed by atoms with Gasteiger partial charge in [-0.1, -0.05) is 96.3 Å². The molecule has 5 nitrogen and oxygen atoms in total. The van der Waals surface area contributed by atoms with Gasteiger partial charge in [-0.15, -0.1) is 0 Å². The van der Waals surface area contributed by atoms with Gasteiger partial charge in [0.2, 0.25) is 0 Å². The highest BCUT2D eigenvalue weighted by Crippen LogP contribution is 2.21. The molecular formula is C33H59N3O2. The molecule has 218 valence electrons. The van der Waals surface area contributed by atoms with Gasteiger partial charge in [0.15, 0.2) is 0 Å². The molecule has 2 rings (SSSR count). The highest BCUT2D eigenvalue weighted by molar-refractivity contribution is 5.90. The van der Waals surface area contributed by atoms with Gasteiger partial charge in [0, 0.05) is 50.2 Å². The van der Waals surface area contributed by atoms with E-state index in [0.29, 0.717) is 0 Å². The van der Waals surface area contributed by atoms with Crippen LogP contribution in [0.15, 0.2) is 36.5 Å². The summed E-state index contributed by atoms with van der Waals surface area (Å²) in [4.78, 5) is 4.40. The number of unbranched alkanes of at least 4 members (excludes halogenated alkanes) is 12.